The molecule has 0 atom stereocenters. The van der Waals surface area contributed by atoms with Crippen molar-refractivity contribution in [1.29, 1.82) is 0 Å². The molecule has 30 heavy (non-hydrogen) atoms. The number of likely N-dealkylation sites (N-methyl/N-ethyl adjacent to an activating group) is 1. The van der Waals surface area contributed by atoms with Crippen LogP contribution in [0.15, 0.2) is 64.2 Å². The predicted molar refractivity (Wildman–Crippen MR) is 120 cm³/mol. The zero-order valence-electron chi connectivity index (χ0n) is 15.9. The third kappa shape index (κ3) is 4.48. The zero-order valence-corrected chi connectivity index (χ0v) is 17.4. The maximum atomic E-state index is 12.6. The highest BCUT2D eigenvalue weighted by atomic mass is 35.5. The lowest BCUT2D eigenvalue weighted by Gasteiger charge is -2.19. The van der Waals surface area contributed by atoms with Gasteiger partial charge in [0.25, 0.3) is 11.5 Å². The number of hydrogen-bond donors (Lipinski definition) is 2. The predicted octanol–water partition coefficient (Wildman–Crippen LogP) is 3.15. The number of H-pyrrole nitrogens is 1. The summed E-state index contributed by atoms with van der Waals surface area (Å²) in [4.78, 5) is 40.6. The van der Waals surface area contributed by atoms with Crippen LogP contribution in [0, 0.1) is 0 Å². The Morgan fingerprint density at radius 2 is 1.83 bits per heavy atom. The van der Waals surface area contributed by atoms with Gasteiger partial charge in [0.1, 0.15) is 5.82 Å². The average Bonchev–Trinajstić information content (AvgIpc) is 2.72. The van der Waals surface area contributed by atoms with Crippen LogP contribution < -0.4 is 21.9 Å². The van der Waals surface area contributed by atoms with Crippen LogP contribution in [0.4, 0.5) is 11.5 Å². The normalized spacial score (nSPS) is 11.0. The molecule has 3 rings (SSSR count). The van der Waals surface area contributed by atoms with E-state index in [1.165, 1.54) is 23.8 Å². The number of anilines is 2. The van der Waals surface area contributed by atoms with Crippen LogP contribution >= 0.6 is 23.2 Å². The average molecular weight is 445 g/mol. The van der Waals surface area contributed by atoms with Gasteiger partial charge in [0.05, 0.1) is 16.6 Å². The Labute approximate surface area is 182 Å². The second kappa shape index (κ2) is 9.02. The van der Waals surface area contributed by atoms with Crippen molar-refractivity contribution in [3.63, 3.8) is 0 Å². The summed E-state index contributed by atoms with van der Waals surface area (Å²) in [7, 11) is 1.39. The Morgan fingerprint density at radius 1 is 1.13 bits per heavy atom. The minimum absolute atomic E-state index is 0.113. The summed E-state index contributed by atoms with van der Waals surface area (Å²) in [5, 5.41) is 0.660. The Morgan fingerprint density at radius 3 is 2.53 bits per heavy atom. The number of halogens is 2. The molecular weight excluding hydrogens is 427 g/mol. The number of carbonyl (C=O) groups is 1. The van der Waals surface area contributed by atoms with E-state index in [-0.39, 0.29) is 18.1 Å². The monoisotopic (exact) mass is 444 g/mol. The van der Waals surface area contributed by atoms with Crippen molar-refractivity contribution in [3.05, 3.63) is 96.6 Å². The zero-order chi connectivity index (χ0) is 21.8. The molecule has 154 valence electrons. The van der Waals surface area contributed by atoms with Gasteiger partial charge in [-0.15, -0.1) is 0 Å². The van der Waals surface area contributed by atoms with Crippen molar-refractivity contribution in [3.8, 4) is 0 Å². The van der Waals surface area contributed by atoms with Gasteiger partial charge in [-0.1, -0.05) is 65.7 Å². The quantitative estimate of drug-likeness (QED) is 0.590. The number of aromatic amines is 1. The molecule has 0 saturated heterocycles. The highest BCUT2D eigenvalue weighted by Gasteiger charge is 2.19. The van der Waals surface area contributed by atoms with Crippen LogP contribution in [0.2, 0.25) is 10.0 Å². The van der Waals surface area contributed by atoms with Crippen molar-refractivity contribution in [2.75, 3.05) is 17.7 Å². The number of nitrogen functional groups attached to an aromatic ring is 1. The number of carbonyl (C=O) groups excluding carboxylic acids is 1. The molecule has 0 saturated carbocycles. The molecule has 2 aromatic carbocycles. The smallest absolute Gasteiger partial charge is 0.330 e. The maximum Gasteiger partial charge on any atom is 0.330 e. The first-order valence-electron chi connectivity index (χ1n) is 8.86. The molecule has 0 unspecified atom stereocenters. The summed E-state index contributed by atoms with van der Waals surface area (Å²) < 4.78 is 1.20. The van der Waals surface area contributed by atoms with E-state index >= 15 is 0 Å². The maximum absolute atomic E-state index is 12.6. The molecule has 7 nitrogen and oxygen atoms in total. The van der Waals surface area contributed by atoms with Gasteiger partial charge in [-0.2, -0.15) is 0 Å². The first kappa shape index (κ1) is 21.4. The highest BCUT2D eigenvalue weighted by Crippen LogP contribution is 2.26. The molecule has 1 amide bonds. The van der Waals surface area contributed by atoms with Gasteiger partial charge in [-0.3, -0.25) is 19.1 Å². The van der Waals surface area contributed by atoms with Gasteiger partial charge in [0.15, 0.2) is 5.69 Å². The lowest BCUT2D eigenvalue weighted by atomic mass is 10.2. The van der Waals surface area contributed by atoms with Gasteiger partial charge in [-0.25, -0.2) is 4.79 Å². The van der Waals surface area contributed by atoms with E-state index < -0.39 is 17.2 Å². The summed E-state index contributed by atoms with van der Waals surface area (Å²) in [6.07, 6.45) is 2.72. The number of nitrogens with one attached hydrogen (secondary N) is 1. The molecule has 0 radical (unpaired) electrons. The van der Waals surface area contributed by atoms with Gasteiger partial charge >= 0.3 is 5.69 Å². The molecular formula is C21H18Cl2N4O3. The van der Waals surface area contributed by atoms with Crippen molar-refractivity contribution in [1.82, 2.24) is 9.55 Å². The third-order valence-corrected chi connectivity index (χ3v) is 5.28. The summed E-state index contributed by atoms with van der Waals surface area (Å²) >= 11 is 12.1. The Bertz CT molecular complexity index is 1230. The van der Waals surface area contributed by atoms with Crippen molar-refractivity contribution < 1.29 is 4.79 Å². The van der Waals surface area contributed by atoms with E-state index in [4.69, 9.17) is 28.9 Å². The first-order chi connectivity index (χ1) is 14.3. The fraction of sp³-hybridized carbons (Fsp3) is 0.0952. The Balaban J connectivity index is 1.94. The number of nitrogens with two attached hydrogens (primary N) is 1. The molecule has 0 aliphatic rings. The molecule has 0 fully saturated rings. The largest absolute Gasteiger partial charge is 0.383 e. The van der Waals surface area contributed by atoms with Crippen LogP contribution in [0.3, 0.4) is 0 Å². The first-order valence-corrected chi connectivity index (χ1v) is 9.61. The third-order valence-electron chi connectivity index (χ3n) is 4.45. The number of nitrogens with zero attached hydrogens (tertiary/aromatic N) is 2. The standard InChI is InChI=1S/C21H18Cl2N4O3/c1-26(16(28)11-10-14-8-5-9-15(22)17(14)23)18-19(24)27(21(30)25-20(18)29)12-13-6-3-2-4-7-13/h2-11H,12,24H2,1H3,(H,25,29,30)/b11-10+. The fourth-order valence-corrected chi connectivity index (χ4v) is 3.23. The molecule has 3 N–H and O–H groups in total. The number of amides is 1. The van der Waals surface area contributed by atoms with Gasteiger partial charge in [-0.05, 0) is 23.3 Å². The topological polar surface area (TPSA) is 101 Å². The second-order valence-electron chi connectivity index (χ2n) is 6.44. The fourth-order valence-electron chi connectivity index (χ4n) is 2.86. The van der Waals surface area contributed by atoms with Gasteiger partial charge in [0.2, 0.25) is 0 Å². The van der Waals surface area contributed by atoms with E-state index in [1.54, 1.807) is 18.2 Å². The SMILES string of the molecule is CN(C(=O)/C=C/c1cccc(Cl)c1Cl)c1c(N)n(Cc2ccccc2)c(=O)[nH]c1=O. The van der Waals surface area contributed by atoms with Gasteiger partial charge < -0.3 is 10.6 Å². The molecule has 9 heteroatoms. The van der Waals surface area contributed by atoms with E-state index in [9.17, 15) is 14.4 Å². The van der Waals surface area contributed by atoms with Crippen LogP contribution in [0.5, 0.6) is 0 Å². The molecule has 0 bridgehead atoms. The molecule has 0 spiro atoms. The lowest BCUT2D eigenvalue weighted by molar-refractivity contribution is -0.113. The molecule has 1 aromatic heterocycles. The Hall–Kier alpha value is -3.29. The number of benzene rings is 2. The van der Waals surface area contributed by atoms with Gasteiger partial charge in [0, 0.05) is 13.1 Å². The highest BCUT2D eigenvalue weighted by molar-refractivity contribution is 6.42. The minimum Gasteiger partial charge on any atom is -0.383 e. The number of hydrogen-bond acceptors (Lipinski definition) is 4. The number of aromatic nitrogens is 2. The minimum atomic E-state index is -0.758. The summed E-state index contributed by atoms with van der Waals surface area (Å²) in [6.45, 7) is 0.144. The molecule has 0 aliphatic carbocycles. The number of rotatable bonds is 5. The van der Waals surface area contributed by atoms with Crippen LogP contribution in [0.1, 0.15) is 11.1 Å². The van der Waals surface area contributed by atoms with Crippen molar-refractivity contribution in [2.24, 2.45) is 0 Å². The van der Waals surface area contributed by atoms with E-state index in [1.807, 2.05) is 30.3 Å². The van der Waals surface area contributed by atoms with Crippen LogP contribution in [0.25, 0.3) is 6.08 Å². The summed E-state index contributed by atoms with van der Waals surface area (Å²) in [5.41, 5.74) is 5.92. The summed E-state index contributed by atoms with van der Waals surface area (Å²) in [6, 6.07) is 14.2. The lowest BCUT2D eigenvalue weighted by Crippen LogP contribution is -2.39. The molecule has 0 aliphatic heterocycles. The second-order valence-corrected chi connectivity index (χ2v) is 7.22. The van der Waals surface area contributed by atoms with Crippen molar-refractivity contribution >= 4 is 46.7 Å². The molecule has 3 aromatic rings. The summed E-state index contributed by atoms with van der Waals surface area (Å²) in [5.74, 6) is -0.647. The van der Waals surface area contributed by atoms with Crippen LogP contribution in [-0.2, 0) is 11.3 Å². The van der Waals surface area contributed by atoms with E-state index in [0.29, 0.717) is 15.6 Å². The van der Waals surface area contributed by atoms with E-state index in [2.05, 4.69) is 4.98 Å². The Kier molecular flexibility index (Phi) is 6.44. The molecule has 1 heterocycles. The van der Waals surface area contributed by atoms with Crippen LogP contribution in [-0.4, -0.2) is 22.5 Å². The van der Waals surface area contributed by atoms with E-state index in [0.717, 1.165) is 10.5 Å². The van der Waals surface area contributed by atoms with Crippen molar-refractivity contribution in [2.45, 2.75) is 6.54 Å².